The van der Waals surface area contributed by atoms with Crippen molar-refractivity contribution in [1.29, 1.82) is 0 Å². The first kappa shape index (κ1) is 11.0. The number of aryl methyl sites for hydroxylation is 2. The SMILES string of the molecule is CCNc1c(CN(C)C)c(C)nn1C. The lowest BCUT2D eigenvalue weighted by atomic mass is 10.2. The number of rotatable bonds is 4. The molecular weight excluding hydrogens is 176 g/mol. The first-order valence-electron chi connectivity index (χ1n) is 4.97. The van der Waals surface area contributed by atoms with E-state index in [-0.39, 0.29) is 0 Å². The van der Waals surface area contributed by atoms with Crippen molar-refractivity contribution in [2.45, 2.75) is 20.4 Å². The highest BCUT2D eigenvalue weighted by Crippen LogP contribution is 2.19. The minimum Gasteiger partial charge on any atom is -0.370 e. The summed E-state index contributed by atoms with van der Waals surface area (Å²) >= 11 is 0. The van der Waals surface area contributed by atoms with Gasteiger partial charge in [-0.05, 0) is 27.9 Å². The van der Waals surface area contributed by atoms with Gasteiger partial charge in [0.15, 0.2) is 0 Å². The van der Waals surface area contributed by atoms with Crippen LogP contribution in [-0.2, 0) is 13.6 Å². The second-order valence-electron chi connectivity index (χ2n) is 3.80. The molecule has 0 bridgehead atoms. The van der Waals surface area contributed by atoms with Gasteiger partial charge in [-0.3, -0.25) is 4.68 Å². The molecule has 1 aromatic rings. The fraction of sp³-hybridized carbons (Fsp3) is 0.700. The van der Waals surface area contributed by atoms with Crippen molar-refractivity contribution in [3.8, 4) is 0 Å². The molecule has 0 saturated heterocycles. The number of hydrogen-bond acceptors (Lipinski definition) is 3. The number of hydrogen-bond donors (Lipinski definition) is 1. The Morgan fingerprint density at radius 3 is 2.57 bits per heavy atom. The minimum absolute atomic E-state index is 0.930. The molecule has 0 aliphatic carbocycles. The van der Waals surface area contributed by atoms with Crippen LogP contribution in [0.15, 0.2) is 0 Å². The van der Waals surface area contributed by atoms with Gasteiger partial charge in [0.1, 0.15) is 5.82 Å². The van der Waals surface area contributed by atoms with E-state index in [0.717, 1.165) is 24.6 Å². The van der Waals surface area contributed by atoms with E-state index in [2.05, 4.69) is 43.3 Å². The normalized spacial score (nSPS) is 11.0. The molecule has 1 heterocycles. The zero-order valence-electron chi connectivity index (χ0n) is 9.76. The van der Waals surface area contributed by atoms with Crippen LogP contribution < -0.4 is 5.32 Å². The summed E-state index contributed by atoms with van der Waals surface area (Å²) in [4.78, 5) is 2.16. The summed E-state index contributed by atoms with van der Waals surface area (Å²) < 4.78 is 1.91. The summed E-state index contributed by atoms with van der Waals surface area (Å²) in [5, 5.41) is 7.75. The van der Waals surface area contributed by atoms with E-state index < -0.39 is 0 Å². The Morgan fingerprint density at radius 1 is 1.43 bits per heavy atom. The van der Waals surface area contributed by atoms with Crippen molar-refractivity contribution in [2.24, 2.45) is 7.05 Å². The second kappa shape index (κ2) is 4.46. The molecule has 0 atom stereocenters. The van der Waals surface area contributed by atoms with E-state index in [1.165, 1.54) is 5.56 Å². The number of anilines is 1. The largest absolute Gasteiger partial charge is 0.370 e. The van der Waals surface area contributed by atoms with Crippen molar-refractivity contribution in [3.63, 3.8) is 0 Å². The zero-order chi connectivity index (χ0) is 10.7. The van der Waals surface area contributed by atoms with Crippen LogP contribution in [0.1, 0.15) is 18.2 Å². The Bertz CT molecular complexity index is 301. The maximum absolute atomic E-state index is 4.41. The molecule has 0 aromatic carbocycles. The van der Waals surface area contributed by atoms with Crippen molar-refractivity contribution >= 4 is 5.82 Å². The third-order valence-corrected chi connectivity index (χ3v) is 2.16. The minimum atomic E-state index is 0.930. The smallest absolute Gasteiger partial charge is 0.128 e. The topological polar surface area (TPSA) is 33.1 Å². The van der Waals surface area contributed by atoms with Crippen molar-refractivity contribution < 1.29 is 0 Å². The van der Waals surface area contributed by atoms with Crippen molar-refractivity contribution in [2.75, 3.05) is 26.0 Å². The maximum Gasteiger partial charge on any atom is 0.128 e. The van der Waals surface area contributed by atoms with Crippen LogP contribution in [0.25, 0.3) is 0 Å². The van der Waals surface area contributed by atoms with Gasteiger partial charge in [0.25, 0.3) is 0 Å². The second-order valence-corrected chi connectivity index (χ2v) is 3.80. The molecule has 0 aliphatic rings. The molecule has 0 amide bonds. The van der Waals surface area contributed by atoms with E-state index >= 15 is 0 Å². The van der Waals surface area contributed by atoms with E-state index in [1.54, 1.807) is 0 Å². The summed E-state index contributed by atoms with van der Waals surface area (Å²) in [5.74, 6) is 1.14. The fourth-order valence-electron chi connectivity index (χ4n) is 1.60. The third-order valence-electron chi connectivity index (χ3n) is 2.16. The van der Waals surface area contributed by atoms with Gasteiger partial charge in [-0.15, -0.1) is 0 Å². The van der Waals surface area contributed by atoms with Gasteiger partial charge in [-0.1, -0.05) is 0 Å². The quantitative estimate of drug-likeness (QED) is 0.786. The molecule has 4 nitrogen and oxygen atoms in total. The Balaban J connectivity index is 2.98. The van der Waals surface area contributed by atoms with E-state index in [1.807, 2.05) is 11.7 Å². The first-order chi connectivity index (χ1) is 6.56. The lowest BCUT2D eigenvalue weighted by Crippen LogP contribution is -2.13. The fourth-order valence-corrected chi connectivity index (χ4v) is 1.60. The lowest BCUT2D eigenvalue weighted by molar-refractivity contribution is 0.402. The molecule has 0 aliphatic heterocycles. The summed E-state index contributed by atoms with van der Waals surface area (Å²) in [7, 11) is 6.12. The molecule has 0 fully saturated rings. The molecule has 0 unspecified atom stereocenters. The first-order valence-corrected chi connectivity index (χ1v) is 4.97. The van der Waals surface area contributed by atoms with Gasteiger partial charge in [0.2, 0.25) is 0 Å². The molecule has 0 radical (unpaired) electrons. The predicted molar refractivity (Wildman–Crippen MR) is 59.5 cm³/mol. The Morgan fingerprint density at radius 2 is 2.07 bits per heavy atom. The van der Waals surface area contributed by atoms with E-state index in [0.29, 0.717) is 0 Å². The predicted octanol–water partition coefficient (Wildman–Crippen LogP) is 1.22. The van der Waals surface area contributed by atoms with E-state index in [4.69, 9.17) is 0 Å². The summed E-state index contributed by atoms with van der Waals surface area (Å²) in [6.07, 6.45) is 0. The van der Waals surface area contributed by atoms with Crippen molar-refractivity contribution in [1.82, 2.24) is 14.7 Å². The highest BCUT2D eigenvalue weighted by atomic mass is 15.3. The molecule has 0 saturated carbocycles. The van der Waals surface area contributed by atoms with Crippen LogP contribution in [-0.4, -0.2) is 35.3 Å². The number of nitrogens with zero attached hydrogens (tertiary/aromatic N) is 3. The lowest BCUT2D eigenvalue weighted by Gasteiger charge is -2.12. The Labute approximate surface area is 85.9 Å². The van der Waals surface area contributed by atoms with Gasteiger partial charge in [-0.25, -0.2) is 0 Å². The van der Waals surface area contributed by atoms with Gasteiger partial charge < -0.3 is 10.2 Å². The molecule has 0 spiro atoms. The van der Waals surface area contributed by atoms with E-state index in [9.17, 15) is 0 Å². The molecule has 80 valence electrons. The van der Waals surface area contributed by atoms with Gasteiger partial charge in [0, 0.05) is 25.7 Å². The average molecular weight is 196 g/mol. The third kappa shape index (κ3) is 2.26. The van der Waals surface area contributed by atoms with Crippen molar-refractivity contribution in [3.05, 3.63) is 11.3 Å². The maximum atomic E-state index is 4.41. The van der Waals surface area contributed by atoms with Crippen LogP contribution in [0.4, 0.5) is 5.82 Å². The summed E-state index contributed by atoms with van der Waals surface area (Å²) in [5.41, 5.74) is 2.40. The molecule has 1 rings (SSSR count). The molecule has 1 N–H and O–H groups in total. The zero-order valence-corrected chi connectivity index (χ0v) is 9.76. The van der Waals surface area contributed by atoms with Crippen LogP contribution in [0.5, 0.6) is 0 Å². The highest BCUT2D eigenvalue weighted by Gasteiger charge is 2.12. The highest BCUT2D eigenvalue weighted by molar-refractivity contribution is 5.47. The molecule has 14 heavy (non-hydrogen) atoms. The Kier molecular flexibility index (Phi) is 3.52. The van der Waals surface area contributed by atoms with Crippen LogP contribution in [0, 0.1) is 6.92 Å². The van der Waals surface area contributed by atoms with Gasteiger partial charge in [0.05, 0.1) is 5.69 Å². The number of aromatic nitrogens is 2. The molecule has 4 heteroatoms. The summed E-state index contributed by atoms with van der Waals surface area (Å²) in [6.45, 7) is 6.02. The Hall–Kier alpha value is -1.03. The van der Waals surface area contributed by atoms with Gasteiger partial charge in [-0.2, -0.15) is 5.10 Å². The molecule has 1 aromatic heterocycles. The van der Waals surface area contributed by atoms with Crippen LogP contribution in [0.2, 0.25) is 0 Å². The molecular formula is C10H20N4. The number of nitrogens with one attached hydrogen (secondary N) is 1. The summed E-state index contributed by atoms with van der Waals surface area (Å²) in [6, 6.07) is 0. The van der Waals surface area contributed by atoms with Gasteiger partial charge >= 0.3 is 0 Å². The van der Waals surface area contributed by atoms with Crippen LogP contribution in [0.3, 0.4) is 0 Å². The standard InChI is InChI=1S/C10H20N4/c1-6-11-10-9(7-13(3)4)8(2)12-14(10)5/h11H,6-7H2,1-5H3. The average Bonchev–Trinajstić information content (AvgIpc) is 2.31. The van der Waals surface area contributed by atoms with Crippen LogP contribution >= 0.6 is 0 Å². The monoisotopic (exact) mass is 196 g/mol.